The normalized spacial score (nSPS) is 16.9. The van der Waals surface area contributed by atoms with Gasteiger partial charge in [0.25, 0.3) is 10.0 Å². The van der Waals surface area contributed by atoms with Crippen molar-refractivity contribution in [1.82, 2.24) is 0 Å². The fourth-order valence-electron chi connectivity index (χ4n) is 2.68. The Morgan fingerprint density at radius 1 is 1.21 bits per heavy atom. The second kappa shape index (κ2) is 6.16. The highest BCUT2D eigenvalue weighted by Gasteiger charge is 2.24. The number of nitrogens with one attached hydrogen (secondary N) is 2. The molecule has 2 aromatic carbocycles. The first-order valence-electron chi connectivity index (χ1n) is 7.50. The summed E-state index contributed by atoms with van der Waals surface area (Å²) in [6.45, 7) is 1.84. The topological polar surface area (TPSA) is 84.5 Å². The van der Waals surface area contributed by atoms with Crippen LogP contribution >= 0.6 is 0 Å². The van der Waals surface area contributed by atoms with Gasteiger partial charge in [-0.2, -0.15) is 0 Å². The molecule has 6 nitrogen and oxygen atoms in total. The predicted octanol–water partition coefficient (Wildman–Crippen LogP) is 2.63. The van der Waals surface area contributed by atoms with Crippen LogP contribution < -0.4 is 14.8 Å². The molecule has 0 spiro atoms. The average Bonchev–Trinajstić information content (AvgIpc) is 2.56. The molecule has 1 atom stereocenters. The zero-order valence-electron chi connectivity index (χ0n) is 13.4. The molecule has 2 N–H and O–H groups in total. The molecule has 1 aliphatic heterocycles. The smallest absolute Gasteiger partial charge is 0.265 e. The van der Waals surface area contributed by atoms with E-state index < -0.39 is 10.0 Å². The quantitative estimate of drug-likeness (QED) is 0.891. The monoisotopic (exact) mass is 346 g/mol. The molecule has 0 aromatic heterocycles. The van der Waals surface area contributed by atoms with Gasteiger partial charge < -0.3 is 10.1 Å². The molecule has 1 aliphatic rings. The Morgan fingerprint density at radius 2 is 1.96 bits per heavy atom. The van der Waals surface area contributed by atoms with E-state index in [1.807, 2.05) is 6.92 Å². The fraction of sp³-hybridized carbons (Fsp3) is 0.235. The van der Waals surface area contributed by atoms with Crippen LogP contribution in [-0.2, 0) is 21.2 Å². The summed E-state index contributed by atoms with van der Waals surface area (Å²) in [7, 11) is -2.34. The Labute approximate surface area is 140 Å². The fourth-order valence-corrected chi connectivity index (χ4v) is 3.90. The lowest BCUT2D eigenvalue weighted by atomic mass is 9.94. The van der Waals surface area contributed by atoms with E-state index in [0.717, 1.165) is 11.3 Å². The van der Waals surface area contributed by atoms with Gasteiger partial charge in [0.05, 0.1) is 7.11 Å². The maximum Gasteiger partial charge on any atom is 0.265 e. The summed E-state index contributed by atoms with van der Waals surface area (Å²) in [6.07, 6.45) is 0.575. The van der Waals surface area contributed by atoms with Crippen molar-refractivity contribution in [3.8, 4) is 5.75 Å². The van der Waals surface area contributed by atoms with Crippen molar-refractivity contribution < 1.29 is 17.9 Å². The van der Waals surface area contributed by atoms with Crippen LogP contribution in [0.25, 0.3) is 0 Å². The van der Waals surface area contributed by atoms with Crippen LogP contribution in [0.2, 0.25) is 0 Å². The second-order valence-electron chi connectivity index (χ2n) is 5.72. The molecule has 3 rings (SSSR count). The van der Waals surface area contributed by atoms with Gasteiger partial charge in [-0.3, -0.25) is 9.52 Å². The first-order valence-corrected chi connectivity index (χ1v) is 8.98. The number of amides is 1. The van der Waals surface area contributed by atoms with Crippen molar-refractivity contribution in [2.75, 3.05) is 17.1 Å². The molecule has 1 unspecified atom stereocenters. The minimum atomic E-state index is -3.77. The summed E-state index contributed by atoms with van der Waals surface area (Å²) in [6, 6.07) is 11.5. The minimum absolute atomic E-state index is 0.0233. The molecule has 126 valence electrons. The number of benzene rings is 2. The van der Waals surface area contributed by atoms with Crippen LogP contribution in [0, 0.1) is 5.92 Å². The minimum Gasteiger partial charge on any atom is -0.495 e. The number of hydrogen-bond acceptors (Lipinski definition) is 4. The van der Waals surface area contributed by atoms with Crippen LogP contribution in [0.1, 0.15) is 12.5 Å². The second-order valence-corrected chi connectivity index (χ2v) is 7.37. The Bertz CT molecular complexity index is 893. The molecule has 0 fully saturated rings. The highest BCUT2D eigenvalue weighted by molar-refractivity contribution is 7.92. The number of sulfonamides is 1. The number of carbonyl (C=O) groups excluding carboxylic acids is 1. The number of ether oxygens (including phenoxy) is 1. The van der Waals surface area contributed by atoms with Gasteiger partial charge in [0, 0.05) is 17.3 Å². The van der Waals surface area contributed by atoms with E-state index in [0.29, 0.717) is 12.1 Å². The van der Waals surface area contributed by atoms with Gasteiger partial charge in [0.1, 0.15) is 10.6 Å². The molecular weight excluding hydrogens is 328 g/mol. The average molecular weight is 346 g/mol. The zero-order valence-corrected chi connectivity index (χ0v) is 14.2. The SMILES string of the molecule is COc1ccccc1S(=O)(=O)Nc1ccc2c(c1)CC(C)C(=O)N2. The molecule has 0 bridgehead atoms. The van der Waals surface area contributed by atoms with Crippen molar-refractivity contribution in [1.29, 1.82) is 0 Å². The highest BCUT2D eigenvalue weighted by atomic mass is 32.2. The Kier molecular flexibility index (Phi) is 4.19. The third kappa shape index (κ3) is 3.07. The summed E-state index contributed by atoms with van der Waals surface area (Å²) in [5, 5.41) is 2.81. The molecule has 0 radical (unpaired) electrons. The zero-order chi connectivity index (χ0) is 17.3. The van der Waals surface area contributed by atoms with Crippen LogP contribution in [0.4, 0.5) is 11.4 Å². The number of para-hydroxylation sites is 1. The lowest BCUT2D eigenvalue weighted by Crippen LogP contribution is -2.27. The van der Waals surface area contributed by atoms with Gasteiger partial charge in [-0.05, 0) is 42.3 Å². The molecule has 1 heterocycles. The van der Waals surface area contributed by atoms with Crippen molar-refractivity contribution >= 4 is 27.3 Å². The summed E-state index contributed by atoms with van der Waals surface area (Å²) in [5.41, 5.74) is 2.07. The van der Waals surface area contributed by atoms with Crippen LogP contribution in [0.3, 0.4) is 0 Å². The van der Waals surface area contributed by atoms with Gasteiger partial charge in [-0.25, -0.2) is 8.42 Å². The molecular formula is C17H18N2O4S. The van der Waals surface area contributed by atoms with Gasteiger partial charge in [-0.1, -0.05) is 19.1 Å². The van der Waals surface area contributed by atoms with E-state index >= 15 is 0 Å². The van der Waals surface area contributed by atoms with Crippen LogP contribution in [0.5, 0.6) is 5.75 Å². The largest absolute Gasteiger partial charge is 0.495 e. The van der Waals surface area contributed by atoms with Gasteiger partial charge in [0.2, 0.25) is 5.91 Å². The maximum absolute atomic E-state index is 12.6. The van der Waals surface area contributed by atoms with E-state index in [9.17, 15) is 13.2 Å². The summed E-state index contributed by atoms with van der Waals surface area (Å²) >= 11 is 0. The van der Waals surface area contributed by atoms with Crippen molar-refractivity contribution in [3.05, 3.63) is 48.0 Å². The molecule has 24 heavy (non-hydrogen) atoms. The Balaban J connectivity index is 1.91. The summed E-state index contributed by atoms with van der Waals surface area (Å²) in [4.78, 5) is 11.8. The summed E-state index contributed by atoms with van der Waals surface area (Å²) < 4.78 is 32.9. The number of rotatable bonds is 4. The number of hydrogen-bond donors (Lipinski definition) is 2. The van der Waals surface area contributed by atoms with E-state index in [2.05, 4.69) is 10.0 Å². The van der Waals surface area contributed by atoms with E-state index in [4.69, 9.17) is 4.74 Å². The number of carbonyl (C=O) groups is 1. The lowest BCUT2D eigenvalue weighted by Gasteiger charge is -2.22. The van der Waals surface area contributed by atoms with Gasteiger partial charge >= 0.3 is 0 Å². The Hall–Kier alpha value is -2.54. The standard InChI is InChI=1S/C17H18N2O4S/c1-11-9-12-10-13(7-8-14(12)18-17(11)20)19-24(21,22)16-6-4-3-5-15(16)23-2/h3-8,10-11,19H,9H2,1-2H3,(H,18,20). The van der Waals surface area contributed by atoms with Crippen molar-refractivity contribution in [2.24, 2.45) is 5.92 Å². The Morgan fingerprint density at radius 3 is 2.71 bits per heavy atom. The molecule has 7 heteroatoms. The third-order valence-electron chi connectivity index (χ3n) is 3.95. The first-order chi connectivity index (χ1) is 11.4. The highest BCUT2D eigenvalue weighted by Crippen LogP contribution is 2.30. The van der Waals surface area contributed by atoms with E-state index in [1.54, 1.807) is 36.4 Å². The molecule has 0 aliphatic carbocycles. The number of methoxy groups -OCH3 is 1. The number of anilines is 2. The number of fused-ring (bicyclic) bond motifs is 1. The maximum atomic E-state index is 12.6. The van der Waals surface area contributed by atoms with E-state index in [-0.39, 0.29) is 22.5 Å². The molecule has 2 aromatic rings. The van der Waals surface area contributed by atoms with Crippen molar-refractivity contribution in [3.63, 3.8) is 0 Å². The van der Waals surface area contributed by atoms with Gasteiger partial charge in [0.15, 0.2) is 0 Å². The molecule has 1 amide bonds. The van der Waals surface area contributed by atoms with E-state index in [1.165, 1.54) is 13.2 Å². The third-order valence-corrected chi connectivity index (χ3v) is 5.37. The van der Waals surface area contributed by atoms with Crippen LogP contribution in [-0.4, -0.2) is 21.4 Å². The first kappa shape index (κ1) is 16.3. The van der Waals surface area contributed by atoms with Crippen molar-refractivity contribution in [2.45, 2.75) is 18.2 Å². The summed E-state index contributed by atoms with van der Waals surface area (Å²) in [5.74, 6) is 0.118. The lowest BCUT2D eigenvalue weighted by molar-refractivity contribution is -0.119. The predicted molar refractivity (Wildman–Crippen MR) is 91.7 cm³/mol. The molecule has 0 saturated carbocycles. The van der Waals surface area contributed by atoms with Gasteiger partial charge in [-0.15, -0.1) is 0 Å². The van der Waals surface area contributed by atoms with Crippen LogP contribution in [0.15, 0.2) is 47.4 Å². The molecule has 0 saturated heterocycles.